The first-order valence-corrected chi connectivity index (χ1v) is 4.23. The second-order valence-corrected chi connectivity index (χ2v) is 3.14. The summed E-state index contributed by atoms with van der Waals surface area (Å²) >= 11 is 0. The van der Waals surface area contributed by atoms with Crippen LogP contribution in [0.5, 0.6) is 0 Å². The van der Waals surface area contributed by atoms with Crippen LogP contribution in [0.3, 0.4) is 0 Å². The number of hydrogen-bond acceptors (Lipinski definition) is 1. The summed E-state index contributed by atoms with van der Waals surface area (Å²) in [7, 11) is 0. The van der Waals surface area contributed by atoms with Gasteiger partial charge >= 0.3 is 12.1 Å². The predicted molar refractivity (Wildman–Crippen MR) is 47.5 cm³/mol. The highest BCUT2D eigenvalue weighted by atomic mass is 19.4. The lowest BCUT2D eigenvalue weighted by Crippen LogP contribution is -2.15. The van der Waals surface area contributed by atoms with Gasteiger partial charge in [0, 0.05) is 0 Å². The van der Waals surface area contributed by atoms with Gasteiger partial charge in [0.1, 0.15) is 0 Å². The zero-order valence-electron chi connectivity index (χ0n) is 7.88. The number of carboxylic acids is 1. The van der Waals surface area contributed by atoms with Gasteiger partial charge in [-0.3, -0.25) is 4.79 Å². The molecule has 15 heavy (non-hydrogen) atoms. The van der Waals surface area contributed by atoms with E-state index < -0.39 is 23.6 Å². The lowest BCUT2D eigenvalue weighted by atomic mass is 9.95. The van der Waals surface area contributed by atoms with Gasteiger partial charge < -0.3 is 5.11 Å². The van der Waals surface area contributed by atoms with E-state index in [9.17, 15) is 18.0 Å². The summed E-state index contributed by atoms with van der Waals surface area (Å²) in [5, 5.41) is 8.66. The van der Waals surface area contributed by atoms with Gasteiger partial charge in [0.2, 0.25) is 0 Å². The van der Waals surface area contributed by atoms with Gasteiger partial charge in [-0.15, -0.1) is 0 Å². The van der Waals surface area contributed by atoms with Crippen LogP contribution in [-0.2, 0) is 11.0 Å². The molecule has 0 radical (unpaired) electrons. The van der Waals surface area contributed by atoms with E-state index >= 15 is 0 Å². The number of hydrogen-bond donors (Lipinski definition) is 1. The molecule has 0 aliphatic rings. The molecule has 0 aromatic heterocycles. The quantitative estimate of drug-likeness (QED) is 0.828. The van der Waals surface area contributed by atoms with Crippen LogP contribution in [0.25, 0.3) is 0 Å². The van der Waals surface area contributed by atoms with Crippen LogP contribution >= 0.6 is 0 Å². The van der Waals surface area contributed by atoms with Crippen molar-refractivity contribution in [2.75, 3.05) is 0 Å². The number of halogens is 3. The highest BCUT2D eigenvalue weighted by Gasteiger charge is 2.35. The SMILES string of the molecule is C[C@H](C(=O)O)c1ccccc1C(F)(F)F. The third kappa shape index (κ3) is 2.49. The minimum atomic E-state index is -4.51. The normalized spacial score (nSPS) is 13.6. The van der Waals surface area contributed by atoms with E-state index in [0.717, 1.165) is 6.07 Å². The molecule has 1 atom stereocenters. The van der Waals surface area contributed by atoms with Gasteiger partial charge in [-0.25, -0.2) is 0 Å². The first-order chi connectivity index (χ1) is 6.84. The molecule has 0 aliphatic heterocycles. The maximum absolute atomic E-state index is 12.5. The molecule has 0 heterocycles. The summed E-state index contributed by atoms with van der Waals surface area (Å²) in [6.45, 7) is 1.23. The van der Waals surface area contributed by atoms with Gasteiger partial charge in [-0.2, -0.15) is 13.2 Å². The molecule has 0 fully saturated rings. The summed E-state index contributed by atoms with van der Waals surface area (Å²) in [5.74, 6) is -2.44. The van der Waals surface area contributed by atoms with Crippen molar-refractivity contribution in [3.63, 3.8) is 0 Å². The van der Waals surface area contributed by atoms with Crippen molar-refractivity contribution in [1.82, 2.24) is 0 Å². The molecule has 0 unspecified atom stereocenters. The Balaban J connectivity index is 3.24. The summed E-state index contributed by atoms with van der Waals surface area (Å²) in [6, 6.07) is 4.70. The first kappa shape index (κ1) is 11.6. The number of rotatable bonds is 2. The number of aliphatic carboxylic acids is 1. The van der Waals surface area contributed by atoms with E-state index in [1.807, 2.05) is 0 Å². The van der Waals surface area contributed by atoms with Crippen LogP contribution in [0.15, 0.2) is 24.3 Å². The molecule has 1 N–H and O–H groups in total. The lowest BCUT2D eigenvalue weighted by molar-refractivity contribution is -0.141. The van der Waals surface area contributed by atoms with Crippen molar-refractivity contribution >= 4 is 5.97 Å². The minimum Gasteiger partial charge on any atom is -0.481 e. The number of carboxylic acid groups (broad SMARTS) is 1. The van der Waals surface area contributed by atoms with Crippen molar-refractivity contribution in [3.05, 3.63) is 35.4 Å². The molecule has 0 amide bonds. The van der Waals surface area contributed by atoms with Gasteiger partial charge in [0.05, 0.1) is 11.5 Å². The van der Waals surface area contributed by atoms with Crippen LogP contribution in [0, 0.1) is 0 Å². The fourth-order valence-corrected chi connectivity index (χ4v) is 1.27. The average molecular weight is 218 g/mol. The first-order valence-electron chi connectivity index (χ1n) is 4.23. The maximum Gasteiger partial charge on any atom is 0.416 e. The number of carbonyl (C=O) groups is 1. The second kappa shape index (κ2) is 3.92. The van der Waals surface area contributed by atoms with E-state index in [1.54, 1.807) is 0 Å². The summed E-state index contributed by atoms with van der Waals surface area (Å²) < 4.78 is 37.4. The monoisotopic (exact) mass is 218 g/mol. The highest BCUT2D eigenvalue weighted by molar-refractivity contribution is 5.76. The molecule has 2 nitrogen and oxygen atoms in total. The summed E-state index contributed by atoms with van der Waals surface area (Å²) in [5.41, 5.74) is -1.10. The van der Waals surface area contributed by atoms with Gasteiger partial charge in [-0.1, -0.05) is 18.2 Å². The van der Waals surface area contributed by atoms with Crippen LogP contribution in [0.4, 0.5) is 13.2 Å². The maximum atomic E-state index is 12.5. The fraction of sp³-hybridized carbons (Fsp3) is 0.300. The molecule has 0 bridgehead atoms. The van der Waals surface area contributed by atoms with E-state index in [4.69, 9.17) is 5.11 Å². The zero-order valence-corrected chi connectivity index (χ0v) is 7.88. The fourth-order valence-electron chi connectivity index (χ4n) is 1.27. The Hall–Kier alpha value is -1.52. The molecule has 0 saturated heterocycles. The molecule has 5 heteroatoms. The summed E-state index contributed by atoms with van der Waals surface area (Å²) in [6.07, 6.45) is -4.51. The van der Waals surface area contributed by atoms with Crippen LogP contribution in [0.2, 0.25) is 0 Å². The van der Waals surface area contributed by atoms with Gasteiger partial charge in [-0.05, 0) is 18.6 Å². The van der Waals surface area contributed by atoms with Gasteiger partial charge in [0.25, 0.3) is 0 Å². The Morgan fingerprint density at radius 1 is 1.33 bits per heavy atom. The van der Waals surface area contributed by atoms with Crippen LogP contribution in [0.1, 0.15) is 24.0 Å². The zero-order chi connectivity index (χ0) is 11.6. The molecule has 1 aromatic rings. The largest absolute Gasteiger partial charge is 0.481 e. The predicted octanol–water partition coefficient (Wildman–Crippen LogP) is 2.89. The van der Waals surface area contributed by atoms with Crippen molar-refractivity contribution in [2.45, 2.75) is 19.0 Å². The Bertz CT molecular complexity index is 371. The molecular formula is C10H9F3O2. The van der Waals surface area contributed by atoms with E-state index in [1.165, 1.54) is 25.1 Å². The molecular weight excluding hydrogens is 209 g/mol. The topological polar surface area (TPSA) is 37.3 Å². The molecule has 0 saturated carbocycles. The number of benzene rings is 1. The molecule has 1 rings (SSSR count). The Morgan fingerprint density at radius 2 is 1.87 bits per heavy atom. The molecule has 82 valence electrons. The third-order valence-corrected chi connectivity index (χ3v) is 2.10. The number of alkyl halides is 3. The Labute approximate surface area is 84.3 Å². The minimum absolute atomic E-state index is 0.211. The van der Waals surface area contributed by atoms with Crippen molar-refractivity contribution in [2.24, 2.45) is 0 Å². The summed E-state index contributed by atoms with van der Waals surface area (Å²) in [4.78, 5) is 10.6. The lowest BCUT2D eigenvalue weighted by Gasteiger charge is -2.14. The highest BCUT2D eigenvalue weighted by Crippen LogP contribution is 2.34. The van der Waals surface area contributed by atoms with Gasteiger partial charge in [0.15, 0.2) is 0 Å². The van der Waals surface area contributed by atoms with Crippen LogP contribution < -0.4 is 0 Å². The van der Waals surface area contributed by atoms with E-state index in [0.29, 0.717) is 0 Å². The van der Waals surface area contributed by atoms with E-state index in [2.05, 4.69) is 0 Å². The Kier molecular flexibility index (Phi) is 3.02. The molecule has 0 spiro atoms. The average Bonchev–Trinajstić information content (AvgIpc) is 2.15. The standard InChI is InChI=1S/C10H9F3O2/c1-6(9(14)15)7-4-2-3-5-8(7)10(11,12)13/h2-6H,1H3,(H,14,15)/t6-/m0/s1. The van der Waals surface area contributed by atoms with Crippen molar-refractivity contribution in [3.8, 4) is 0 Å². The molecule has 0 aliphatic carbocycles. The Morgan fingerprint density at radius 3 is 2.33 bits per heavy atom. The van der Waals surface area contributed by atoms with Crippen molar-refractivity contribution in [1.29, 1.82) is 0 Å². The smallest absolute Gasteiger partial charge is 0.416 e. The second-order valence-electron chi connectivity index (χ2n) is 3.14. The third-order valence-electron chi connectivity index (χ3n) is 2.10. The molecule has 1 aromatic carbocycles. The van der Waals surface area contributed by atoms with E-state index in [-0.39, 0.29) is 5.56 Å². The van der Waals surface area contributed by atoms with Crippen LogP contribution in [-0.4, -0.2) is 11.1 Å². The van der Waals surface area contributed by atoms with Crippen molar-refractivity contribution < 1.29 is 23.1 Å².